The van der Waals surface area contributed by atoms with Gasteiger partial charge in [0, 0.05) is 0 Å². The molecular formula is C8H9BrN2O2. The van der Waals surface area contributed by atoms with Crippen molar-refractivity contribution in [2.75, 3.05) is 0 Å². The van der Waals surface area contributed by atoms with Gasteiger partial charge in [0.15, 0.2) is 0 Å². The second kappa shape index (κ2) is 3.83. The standard InChI is InChI=1S/C8H9BrN2O2/c1-5(12)3-11-4-10-6(2)7(9)8(11)13/h4H,3H2,1-2H3. The Hall–Kier alpha value is -0.970. The minimum absolute atomic E-state index is 0.0698. The Kier molecular flexibility index (Phi) is 2.98. The normalized spacial score (nSPS) is 10.1. The molecule has 70 valence electrons. The molecule has 0 atom stereocenters. The molecule has 0 saturated carbocycles. The molecule has 0 bridgehead atoms. The zero-order valence-corrected chi connectivity index (χ0v) is 8.96. The largest absolute Gasteiger partial charge is 0.298 e. The van der Waals surface area contributed by atoms with Crippen LogP contribution in [0.5, 0.6) is 0 Å². The molecule has 0 aliphatic carbocycles. The molecule has 0 spiro atoms. The second-order valence-electron chi connectivity index (χ2n) is 2.78. The number of halogens is 1. The van der Waals surface area contributed by atoms with Crippen molar-refractivity contribution in [2.45, 2.75) is 20.4 Å². The number of ketones is 1. The predicted octanol–water partition coefficient (Wildman–Crippen LogP) is 0.903. The number of rotatable bonds is 2. The van der Waals surface area contributed by atoms with Crippen molar-refractivity contribution < 1.29 is 4.79 Å². The van der Waals surface area contributed by atoms with Crippen molar-refractivity contribution in [2.24, 2.45) is 0 Å². The maximum Gasteiger partial charge on any atom is 0.268 e. The highest BCUT2D eigenvalue weighted by molar-refractivity contribution is 9.10. The molecule has 0 aliphatic rings. The van der Waals surface area contributed by atoms with Crippen LogP contribution in [0.4, 0.5) is 0 Å². The Labute approximate surface area is 83.7 Å². The molecule has 0 radical (unpaired) electrons. The molecule has 5 heteroatoms. The van der Waals surface area contributed by atoms with Gasteiger partial charge in [-0.25, -0.2) is 4.98 Å². The number of carbonyl (C=O) groups excluding carboxylic acids is 1. The highest BCUT2D eigenvalue weighted by Crippen LogP contribution is 2.05. The van der Waals surface area contributed by atoms with E-state index in [-0.39, 0.29) is 17.9 Å². The minimum Gasteiger partial charge on any atom is -0.298 e. The van der Waals surface area contributed by atoms with E-state index in [2.05, 4.69) is 20.9 Å². The Balaban J connectivity index is 3.19. The molecule has 0 amide bonds. The number of Topliss-reactive ketones (excluding diaryl/α,β-unsaturated/α-hetero) is 1. The molecule has 1 aromatic heterocycles. The number of aryl methyl sites for hydroxylation is 1. The van der Waals surface area contributed by atoms with Crippen molar-refractivity contribution in [3.63, 3.8) is 0 Å². The molecular weight excluding hydrogens is 236 g/mol. The Morgan fingerprint density at radius 2 is 2.31 bits per heavy atom. The van der Waals surface area contributed by atoms with Gasteiger partial charge in [-0.1, -0.05) is 0 Å². The van der Waals surface area contributed by atoms with Gasteiger partial charge in [0.05, 0.1) is 18.6 Å². The summed E-state index contributed by atoms with van der Waals surface area (Å²) < 4.78 is 1.69. The number of hydrogen-bond acceptors (Lipinski definition) is 3. The molecule has 0 unspecified atom stereocenters. The summed E-state index contributed by atoms with van der Waals surface area (Å²) in [6.45, 7) is 3.23. The first-order valence-corrected chi connectivity index (χ1v) is 4.52. The van der Waals surface area contributed by atoms with Crippen LogP contribution >= 0.6 is 15.9 Å². The fourth-order valence-corrected chi connectivity index (χ4v) is 1.23. The van der Waals surface area contributed by atoms with Gasteiger partial charge in [0.2, 0.25) is 0 Å². The van der Waals surface area contributed by atoms with Gasteiger partial charge in [0.1, 0.15) is 10.3 Å². The molecule has 0 saturated heterocycles. The first-order valence-electron chi connectivity index (χ1n) is 3.73. The summed E-state index contributed by atoms with van der Waals surface area (Å²) in [4.78, 5) is 26.2. The molecule has 1 aromatic rings. The lowest BCUT2D eigenvalue weighted by atomic mass is 10.4. The van der Waals surface area contributed by atoms with Crippen molar-refractivity contribution in [3.8, 4) is 0 Å². The summed E-state index contributed by atoms with van der Waals surface area (Å²) in [5, 5.41) is 0. The van der Waals surface area contributed by atoms with E-state index in [4.69, 9.17) is 0 Å². The van der Waals surface area contributed by atoms with Crippen LogP contribution < -0.4 is 5.56 Å². The van der Waals surface area contributed by atoms with Crippen LogP contribution in [-0.4, -0.2) is 15.3 Å². The number of aromatic nitrogens is 2. The van der Waals surface area contributed by atoms with Crippen molar-refractivity contribution in [1.82, 2.24) is 9.55 Å². The Morgan fingerprint density at radius 1 is 1.69 bits per heavy atom. The third-order valence-corrected chi connectivity index (χ3v) is 2.46. The monoisotopic (exact) mass is 244 g/mol. The van der Waals surface area contributed by atoms with E-state index in [1.165, 1.54) is 17.8 Å². The highest BCUT2D eigenvalue weighted by Gasteiger charge is 2.05. The predicted molar refractivity (Wildman–Crippen MR) is 51.6 cm³/mol. The second-order valence-corrected chi connectivity index (χ2v) is 3.57. The van der Waals surface area contributed by atoms with Crippen LogP contribution in [0.3, 0.4) is 0 Å². The van der Waals surface area contributed by atoms with E-state index in [0.29, 0.717) is 10.2 Å². The van der Waals surface area contributed by atoms with Gasteiger partial charge in [-0.15, -0.1) is 0 Å². The zero-order chi connectivity index (χ0) is 10.0. The van der Waals surface area contributed by atoms with Crippen LogP contribution in [0.15, 0.2) is 15.6 Å². The fraction of sp³-hybridized carbons (Fsp3) is 0.375. The number of nitrogens with zero attached hydrogens (tertiary/aromatic N) is 2. The molecule has 4 nitrogen and oxygen atoms in total. The van der Waals surface area contributed by atoms with Gasteiger partial charge >= 0.3 is 0 Å². The quantitative estimate of drug-likeness (QED) is 0.777. The maximum absolute atomic E-state index is 11.4. The van der Waals surface area contributed by atoms with Crippen molar-refractivity contribution >= 4 is 21.7 Å². The van der Waals surface area contributed by atoms with Crippen LogP contribution in [0.25, 0.3) is 0 Å². The fourth-order valence-electron chi connectivity index (χ4n) is 0.899. The van der Waals surface area contributed by atoms with Crippen LogP contribution in [0, 0.1) is 6.92 Å². The smallest absolute Gasteiger partial charge is 0.268 e. The van der Waals surface area contributed by atoms with Crippen molar-refractivity contribution in [1.29, 1.82) is 0 Å². The summed E-state index contributed by atoms with van der Waals surface area (Å²) in [7, 11) is 0. The average molecular weight is 245 g/mol. The van der Waals surface area contributed by atoms with Gasteiger partial charge in [-0.3, -0.25) is 14.2 Å². The summed E-state index contributed by atoms with van der Waals surface area (Å²) in [6, 6.07) is 0. The number of hydrogen-bond donors (Lipinski definition) is 0. The van der Waals surface area contributed by atoms with Gasteiger partial charge in [-0.2, -0.15) is 0 Å². The summed E-state index contributed by atoms with van der Waals surface area (Å²) in [5.74, 6) is -0.0698. The third kappa shape index (κ3) is 2.24. The van der Waals surface area contributed by atoms with Gasteiger partial charge in [-0.05, 0) is 29.8 Å². The molecule has 1 heterocycles. The number of carbonyl (C=O) groups is 1. The van der Waals surface area contributed by atoms with Crippen LogP contribution in [-0.2, 0) is 11.3 Å². The Bertz CT molecular complexity index is 398. The first kappa shape index (κ1) is 10.1. The Morgan fingerprint density at radius 3 is 2.85 bits per heavy atom. The lowest BCUT2D eigenvalue weighted by Gasteiger charge is -2.03. The van der Waals surface area contributed by atoms with E-state index in [1.807, 2.05) is 0 Å². The lowest BCUT2D eigenvalue weighted by molar-refractivity contribution is -0.117. The van der Waals surface area contributed by atoms with Crippen molar-refractivity contribution in [3.05, 3.63) is 26.8 Å². The molecule has 0 aliphatic heterocycles. The SMILES string of the molecule is CC(=O)Cn1cnc(C)c(Br)c1=O. The summed E-state index contributed by atoms with van der Waals surface area (Å²) in [6.07, 6.45) is 1.38. The zero-order valence-electron chi connectivity index (χ0n) is 7.37. The molecule has 13 heavy (non-hydrogen) atoms. The minimum atomic E-state index is -0.220. The van der Waals surface area contributed by atoms with E-state index in [0.717, 1.165) is 0 Å². The average Bonchev–Trinajstić information content (AvgIpc) is 2.06. The van der Waals surface area contributed by atoms with E-state index >= 15 is 0 Å². The van der Waals surface area contributed by atoms with E-state index in [1.54, 1.807) is 6.92 Å². The molecule has 0 aromatic carbocycles. The highest BCUT2D eigenvalue weighted by atomic mass is 79.9. The molecule has 1 rings (SSSR count). The lowest BCUT2D eigenvalue weighted by Crippen LogP contribution is -2.24. The molecule has 0 fully saturated rings. The molecule has 0 N–H and O–H groups in total. The van der Waals surface area contributed by atoms with E-state index in [9.17, 15) is 9.59 Å². The summed E-state index contributed by atoms with van der Waals surface area (Å²) in [5.41, 5.74) is 0.410. The third-order valence-electron chi connectivity index (χ3n) is 1.55. The topological polar surface area (TPSA) is 52.0 Å². The first-order chi connectivity index (χ1) is 6.02. The van der Waals surface area contributed by atoms with Gasteiger partial charge in [0.25, 0.3) is 5.56 Å². The van der Waals surface area contributed by atoms with Gasteiger partial charge < -0.3 is 0 Å². The van der Waals surface area contributed by atoms with Crippen LogP contribution in [0.2, 0.25) is 0 Å². The van der Waals surface area contributed by atoms with Crippen LogP contribution in [0.1, 0.15) is 12.6 Å². The van der Waals surface area contributed by atoms with E-state index < -0.39 is 0 Å². The maximum atomic E-state index is 11.4. The summed E-state index contributed by atoms with van der Waals surface area (Å²) >= 11 is 3.11.